The van der Waals surface area contributed by atoms with E-state index in [-0.39, 0.29) is 22.3 Å². The number of hydrogen-bond donors (Lipinski definition) is 0. The van der Waals surface area contributed by atoms with Gasteiger partial charge in [0.1, 0.15) is 0 Å². The average Bonchev–Trinajstić information content (AvgIpc) is 3.25. The topological polar surface area (TPSA) is 56.0 Å². The normalized spacial score (nSPS) is 16.4. The third kappa shape index (κ3) is 2.89. The number of alkyl halides is 3. The van der Waals surface area contributed by atoms with Gasteiger partial charge in [0.05, 0.1) is 11.3 Å². The van der Waals surface area contributed by atoms with E-state index in [1.807, 2.05) is 5.38 Å². The van der Waals surface area contributed by atoms with Gasteiger partial charge < -0.3 is 4.74 Å². The van der Waals surface area contributed by atoms with E-state index in [4.69, 9.17) is 16.3 Å². The summed E-state index contributed by atoms with van der Waals surface area (Å²) in [6.07, 6.45) is -1.27. The van der Waals surface area contributed by atoms with Gasteiger partial charge in [-0.3, -0.25) is 4.40 Å². The van der Waals surface area contributed by atoms with Crippen molar-refractivity contribution in [2.45, 2.75) is 6.18 Å². The molecule has 0 aliphatic carbocycles. The van der Waals surface area contributed by atoms with Crippen LogP contribution in [0.3, 0.4) is 0 Å². The molecule has 2 aromatic heterocycles. The van der Waals surface area contributed by atoms with Gasteiger partial charge in [-0.1, -0.05) is 11.6 Å². The minimum absolute atomic E-state index is 0.0187. The number of halogens is 4. The van der Waals surface area contributed by atoms with Gasteiger partial charge in [-0.25, -0.2) is 14.8 Å². The molecule has 0 amide bonds. The van der Waals surface area contributed by atoms with E-state index in [0.717, 1.165) is 12.1 Å². The number of fused-ring (bicyclic) bond motifs is 1. The van der Waals surface area contributed by atoms with Crippen LogP contribution in [0.25, 0.3) is 11.0 Å². The molecule has 0 bridgehead atoms. The molecule has 1 aliphatic rings. The van der Waals surface area contributed by atoms with Crippen molar-refractivity contribution >= 4 is 45.8 Å². The molecule has 0 saturated heterocycles. The highest BCUT2D eigenvalue weighted by molar-refractivity contribution is 7.15. The van der Waals surface area contributed by atoms with Crippen molar-refractivity contribution in [1.29, 1.82) is 0 Å². The Morgan fingerprint density at radius 3 is 2.65 bits per heavy atom. The lowest BCUT2D eigenvalue weighted by Crippen LogP contribution is -2.08. The van der Waals surface area contributed by atoms with Crippen molar-refractivity contribution in [1.82, 2.24) is 9.38 Å². The third-order valence-corrected chi connectivity index (χ3v) is 4.64. The van der Waals surface area contributed by atoms with E-state index in [1.54, 1.807) is 10.6 Å². The summed E-state index contributed by atoms with van der Waals surface area (Å²) in [4.78, 5) is 20.9. The second-order valence-corrected chi connectivity index (χ2v) is 6.49. The second kappa shape index (κ2) is 5.96. The predicted molar refractivity (Wildman–Crippen MR) is 90.1 cm³/mol. The van der Waals surface area contributed by atoms with Crippen LogP contribution in [0, 0.1) is 0 Å². The standard InChI is InChI=1S/C16H7ClF3N3O2S/c17-12-11(23-5-6-26-15(23)22-12)7-10-14(24)25-13(21-10)8-1-3-9(4-2-8)16(18,19)20/h1-7H/b10-7+. The van der Waals surface area contributed by atoms with Crippen LogP contribution in [-0.2, 0) is 15.7 Å². The fourth-order valence-electron chi connectivity index (χ4n) is 2.37. The molecule has 0 N–H and O–H groups in total. The highest BCUT2D eigenvalue weighted by Gasteiger charge is 2.31. The van der Waals surface area contributed by atoms with Crippen LogP contribution in [-0.4, -0.2) is 21.3 Å². The highest BCUT2D eigenvalue weighted by atomic mass is 35.5. The van der Waals surface area contributed by atoms with Crippen molar-refractivity contribution in [2.24, 2.45) is 4.99 Å². The zero-order valence-electron chi connectivity index (χ0n) is 12.6. The van der Waals surface area contributed by atoms with Crippen LogP contribution in [0.5, 0.6) is 0 Å². The number of aliphatic imine (C=N–C) groups is 1. The zero-order chi connectivity index (χ0) is 18.5. The van der Waals surface area contributed by atoms with Crippen LogP contribution in [0.2, 0.25) is 5.15 Å². The van der Waals surface area contributed by atoms with E-state index in [9.17, 15) is 18.0 Å². The summed E-state index contributed by atoms with van der Waals surface area (Å²) in [5, 5.41) is 2.01. The lowest BCUT2D eigenvalue weighted by atomic mass is 10.1. The summed E-state index contributed by atoms with van der Waals surface area (Å²) in [5.41, 5.74) is -0.0928. The molecule has 0 atom stereocenters. The molecule has 0 radical (unpaired) electrons. The second-order valence-electron chi connectivity index (χ2n) is 5.25. The zero-order valence-corrected chi connectivity index (χ0v) is 14.2. The minimum Gasteiger partial charge on any atom is -0.402 e. The summed E-state index contributed by atoms with van der Waals surface area (Å²) in [6, 6.07) is 4.19. The lowest BCUT2D eigenvalue weighted by molar-refractivity contribution is -0.137. The van der Waals surface area contributed by atoms with Crippen molar-refractivity contribution in [2.75, 3.05) is 0 Å². The van der Waals surface area contributed by atoms with Gasteiger partial charge >= 0.3 is 12.1 Å². The third-order valence-electron chi connectivity index (χ3n) is 3.61. The highest BCUT2D eigenvalue weighted by Crippen LogP contribution is 2.30. The summed E-state index contributed by atoms with van der Waals surface area (Å²) < 4.78 is 44.6. The number of benzene rings is 1. The Bertz CT molecular complexity index is 1080. The van der Waals surface area contributed by atoms with Crippen molar-refractivity contribution in [3.05, 3.63) is 63.5 Å². The van der Waals surface area contributed by atoms with E-state index >= 15 is 0 Å². The fourth-order valence-corrected chi connectivity index (χ4v) is 3.37. The monoisotopic (exact) mass is 397 g/mol. The number of ether oxygens (including phenoxy) is 1. The van der Waals surface area contributed by atoms with Crippen molar-refractivity contribution < 1.29 is 22.7 Å². The Morgan fingerprint density at radius 1 is 1.23 bits per heavy atom. The molecular formula is C16H7ClF3N3O2S. The average molecular weight is 398 g/mol. The quantitative estimate of drug-likeness (QED) is 0.475. The van der Waals surface area contributed by atoms with Crippen molar-refractivity contribution in [3.8, 4) is 0 Å². The minimum atomic E-state index is -4.44. The number of esters is 1. The molecular weight excluding hydrogens is 391 g/mol. The number of imidazole rings is 1. The van der Waals surface area contributed by atoms with Gasteiger partial charge in [0, 0.05) is 17.1 Å². The van der Waals surface area contributed by atoms with Gasteiger partial charge in [-0.2, -0.15) is 13.2 Å². The SMILES string of the molecule is O=C1OC(c2ccc(C(F)(F)F)cc2)=N/C1=C/c1c(Cl)nc2sccn12. The smallest absolute Gasteiger partial charge is 0.402 e. The number of aromatic nitrogens is 2. The molecule has 1 aliphatic heterocycles. The first-order valence-electron chi connectivity index (χ1n) is 7.14. The Balaban J connectivity index is 1.69. The first kappa shape index (κ1) is 16.8. The maximum absolute atomic E-state index is 12.6. The molecule has 0 saturated carbocycles. The molecule has 3 aromatic rings. The summed E-state index contributed by atoms with van der Waals surface area (Å²) in [6.45, 7) is 0. The van der Waals surface area contributed by atoms with Gasteiger partial charge in [-0.05, 0) is 30.3 Å². The Morgan fingerprint density at radius 2 is 1.96 bits per heavy atom. The molecule has 26 heavy (non-hydrogen) atoms. The Labute approximate surface area is 153 Å². The summed E-state index contributed by atoms with van der Waals surface area (Å²) in [7, 11) is 0. The number of hydrogen-bond acceptors (Lipinski definition) is 5. The van der Waals surface area contributed by atoms with Gasteiger partial charge in [0.25, 0.3) is 0 Å². The van der Waals surface area contributed by atoms with E-state index in [2.05, 4.69) is 9.98 Å². The maximum Gasteiger partial charge on any atom is 0.416 e. The van der Waals surface area contributed by atoms with E-state index in [1.165, 1.54) is 29.5 Å². The van der Waals surface area contributed by atoms with Gasteiger partial charge in [-0.15, -0.1) is 11.3 Å². The van der Waals surface area contributed by atoms with Gasteiger partial charge in [0.2, 0.25) is 5.90 Å². The van der Waals surface area contributed by atoms with Crippen LogP contribution >= 0.6 is 22.9 Å². The first-order valence-corrected chi connectivity index (χ1v) is 8.40. The molecule has 0 unspecified atom stereocenters. The van der Waals surface area contributed by atoms with Crippen LogP contribution < -0.4 is 0 Å². The van der Waals surface area contributed by atoms with Crippen LogP contribution in [0.4, 0.5) is 13.2 Å². The van der Waals surface area contributed by atoms with Gasteiger partial charge in [0.15, 0.2) is 15.8 Å². The number of carbonyl (C=O) groups is 1. The fraction of sp³-hybridized carbons (Fsp3) is 0.0625. The van der Waals surface area contributed by atoms with Crippen LogP contribution in [0.15, 0.2) is 46.5 Å². The van der Waals surface area contributed by atoms with Crippen LogP contribution in [0.1, 0.15) is 16.8 Å². The van der Waals surface area contributed by atoms with Crippen molar-refractivity contribution in [3.63, 3.8) is 0 Å². The first-order chi connectivity index (χ1) is 12.3. The summed E-state index contributed by atoms with van der Waals surface area (Å²) >= 11 is 7.45. The lowest BCUT2D eigenvalue weighted by Gasteiger charge is -2.06. The Kier molecular flexibility index (Phi) is 3.85. The number of cyclic esters (lactones) is 1. The number of rotatable bonds is 2. The molecule has 1 aromatic carbocycles. The molecule has 132 valence electrons. The van der Waals surface area contributed by atoms with E-state index < -0.39 is 17.7 Å². The Hall–Kier alpha value is -2.65. The number of nitrogens with zero attached hydrogens (tertiary/aromatic N) is 3. The molecule has 5 nitrogen and oxygen atoms in total. The molecule has 3 heterocycles. The molecule has 0 spiro atoms. The molecule has 0 fully saturated rings. The number of carbonyl (C=O) groups excluding carboxylic acids is 1. The predicted octanol–water partition coefficient (Wildman–Crippen LogP) is 4.41. The largest absolute Gasteiger partial charge is 0.416 e. The molecule has 4 rings (SSSR count). The van der Waals surface area contributed by atoms with E-state index in [0.29, 0.717) is 10.7 Å². The molecule has 10 heteroatoms. The summed E-state index contributed by atoms with van der Waals surface area (Å²) in [5.74, 6) is -0.793. The maximum atomic E-state index is 12.6. The number of thiazole rings is 1.